The lowest BCUT2D eigenvalue weighted by atomic mass is 9.92. The second kappa shape index (κ2) is 5.94. The number of likely N-dealkylation sites (tertiary alicyclic amines) is 1. The van der Waals surface area contributed by atoms with E-state index in [1.54, 1.807) is 24.3 Å². The minimum absolute atomic E-state index is 0.119. The molecular formula is C16H21N3O3. The molecule has 1 aromatic rings. The van der Waals surface area contributed by atoms with Crippen molar-refractivity contribution in [3.8, 4) is 0 Å². The van der Waals surface area contributed by atoms with Crippen molar-refractivity contribution in [3.63, 3.8) is 0 Å². The van der Waals surface area contributed by atoms with Crippen LogP contribution in [0.2, 0.25) is 0 Å². The maximum atomic E-state index is 12.4. The van der Waals surface area contributed by atoms with Gasteiger partial charge in [0.1, 0.15) is 5.60 Å². The first-order chi connectivity index (χ1) is 10.6. The lowest BCUT2D eigenvalue weighted by Gasteiger charge is -2.38. The van der Waals surface area contributed by atoms with Crippen LogP contribution < -0.4 is 0 Å². The number of hydrogen-bond donors (Lipinski definition) is 0. The van der Waals surface area contributed by atoms with Gasteiger partial charge in [0.25, 0.3) is 0 Å². The fraction of sp³-hybridized carbons (Fsp3) is 0.562. The minimum Gasteiger partial charge on any atom is -0.439 e. The van der Waals surface area contributed by atoms with Crippen LogP contribution in [0.5, 0.6) is 0 Å². The summed E-state index contributed by atoms with van der Waals surface area (Å²) in [4.78, 5) is 31.5. The Labute approximate surface area is 130 Å². The first-order valence-electron chi connectivity index (χ1n) is 7.69. The summed E-state index contributed by atoms with van der Waals surface area (Å²) in [5.41, 5.74) is 0.559. The standard InChI is InChI=1S/C16H21N3O3/c1-18-11-16(22-15(18)21)7-3-9-19(12-16)14(20)6-5-13-4-2-8-17-10-13/h2,4,8,10H,3,5-7,9,11-12H2,1H3/t16-/m0/s1. The molecule has 22 heavy (non-hydrogen) atoms. The predicted molar refractivity (Wildman–Crippen MR) is 80.2 cm³/mol. The van der Waals surface area contributed by atoms with Crippen molar-refractivity contribution < 1.29 is 14.3 Å². The maximum Gasteiger partial charge on any atom is 0.410 e. The molecular weight excluding hydrogens is 282 g/mol. The van der Waals surface area contributed by atoms with Gasteiger partial charge in [-0.3, -0.25) is 9.78 Å². The minimum atomic E-state index is -0.506. The number of carbonyl (C=O) groups excluding carboxylic acids is 2. The van der Waals surface area contributed by atoms with E-state index >= 15 is 0 Å². The highest BCUT2D eigenvalue weighted by Crippen LogP contribution is 2.31. The van der Waals surface area contributed by atoms with Gasteiger partial charge < -0.3 is 14.5 Å². The SMILES string of the molecule is CN1C[C@]2(CCCN(C(=O)CCc3cccnc3)C2)OC1=O. The maximum absolute atomic E-state index is 12.4. The van der Waals surface area contributed by atoms with Crippen LogP contribution >= 0.6 is 0 Å². The molecule has 0 radical (unpaired) electrons. The Morgan fingerprint density at radius 3 is 3.00 bits per heavy atom. The molecule has 1 spiro atoms. The molecule has 6 heteroatoms. The van der Waals surface area contributed by atoms with E-state index in [0.717, 1.165) is 24.9 Å². The summed E-state index contributed by atoms with van der Waals surface area (Å²) in [6.45, 7) is 1.82. The monoisotopic (exact) mass is 303 g/mol. The summed E-state index contributed by atoms with van der Waals surface area (Å²) in [6, 6.07) is 3.86. The number of hydrogen-bond acceptors (Lipinski definition) is 4. The van der Waals surface area contributed by atoms with Gasteiger partial charge in [-0.05, 0) is 30.9 Å². The Kier molecular flexibility index (Phi) is 4.00. The molecule has 0 N–H and O–H groups in total. The van der Waals surface area contributed by atoms with Gasteiger partial charge in [-0.2, -0.15) is 0 Å². The van der Waals surface area contributed by atoms with Crippen molar-refractivity contribution in [2.24, 2.45) is 0 Å². The van der Waals surface area contributed by atoms with Crippen molar-refractivity contribution >= 4 is 12.0 Å². The molecule has 2 aliphatic heterocycles. The smallest absolute Gasteiger partial charge is 0.410 e. The van der Waals surface area contributed by atoms with Gasteiger partial charge in [-0.1, -0.05) is 6.07 Å². The number of rotatable bonds is 3. The van der Waals surface area contributed by atoms with Crippen LogP contribution in [0, 0.1) is 0 Å². The van der Waals surface area contributed by atoms with Gasteiger partial charge in [0.2, 0.25) is 5.91 Å². The van der Waals surface area contributed by atoms with Gasteiger partial charge in [-0.25, -0.2) is 4.79 Å². The first kappa shape index (κ1) is 14.8. The quantitative estimate of drug-likeness (QED) is 0.848. The second-order valence-electron chi connectivity index (χ2n) is 6.19. The zero-order chi connectivity index (χ0) is 15.6. The largest absolute Gasteiger partial charge is 0.439 e. The highest BCUT2D eigenvalue weighted by molar-refractivity contribution is 5.77. The van der Waals surface area contributed by atoms with E-state index in [4.69, 9.17) is 4.74 Å². The van der Waals surface area contributed by atoms with Gasteiger partial charge in [-0.15, -0.1) is 0 Å². The highest BCUT2D eigenvalue weighted by Gasteiger charge is 2.47. The molecule has 2 fully saturated rings. The molecule has 0 saturated carbocycles. The summed E-state index contributed by atoms with van der Waals surface area (Å²) in [5.74, 6) is 0.119. The topological polar surface area (TPSA) is 62.7 Å². The zero-order valence-corrected chi connectivity index (χ0v) is 12.8. The van der Waals surface area contributed by atoms with Crippen LogP contribution in [0.1, 0.15) is 24.8 Å². The molecule has 2 aliphatic rings. The van der Waals surface area contributed by atoms with E-state index in [9.17, 15) is 9.59 Å². The Bertz CT molecular complexity index is 563. The molecule has 3 rings (SSSR count). The Morgan fingerprint density at radius 2 is 2.32 bits per heavy atom. The normalized spacial score (nSPS) is 24.7. The number of pyridine rings is 1. The molecule has 0 bridgehead atoms. The summed E-state index contributed by atoms with van der Waals surface area (Å²) in [6.07, 6.45) is 6.09. The lowest BCUT2D eigenvalue weighted by Crippen LogP contribution is -2.52. The number of ether oxygens (including phenoxy) is 1. The lowest BCUT2D eigenvalue weighted by molar-refractivity contribution is -0.136. The van der Waals surface area contributed by atoms with Crippen LogP contribution in [-0.4, -0.2) is 59.1 Å². The molecule has 118 valence electrons. The van der Waals surface area contributed by atoms with E-state index in [0.29, 0.717) is 25.9 Å². The average Bonchev–Trinajstić information content (AvgIpc) is 2.79. The van der Waals surface area contributed by atoms with Gasteiger partial charge in [0, 0.05) is 32.4 Å². The van der Waals surface area contributed by atoms with E-state index in [2.05, 4.69) is 4.98 Å². The van der Waals surface area contributed by atoms with Crippen molar-refractivity contribution in [3.05, 3.63) is 30.1 Å². The van der Waals surface area contributed by atoms with Gasteiger partial charge >= 0.3 is 6.09 Å². The van der Waals surface area contributed by atoms with Crippen LogP contribution in [-0.2, 0) is 16.0 Å². The summed E-state index contributed by atoms with van der Waals surface area (Å²) >= 11 is 0. The number of piperidine rings is 1. The van der Waals surface area contributed by atoms with E-state index in [-0.39, 0.29) is 12.0 Å². The van der Waals surface area contributed by atoms with Crippen molar-refractivity contribution in [2.75, 3.05) is 26.7 Å². The molecule has 1 aromatic heterocycles. The fourth-order valence-corrected chi connectivity index (χ4v) is 3.27. The van der Waals surface area contributed by atoms with Gasteiger partial charge in [0.05, 0.1) is 13.1 Å². The Balaban J connectivity index is 1.58. The number of amides is 2. The molecule has 2 saturated heterocycles. The number of aryl methyl sites for hydroxylation is 1. The summed E-state index contributed by atoms with van der Waals surface area (Å²) in [7, 11) is 1.74. The summed E-state index contributed by atoms with van der Waals surface area (Å²) < 4.78 is 5.53. The third kappa shape index (κ3) is 3.05. The fourth-order valence-electron chi connectivity index (χ4n) is 3.27. The molecule has 1 atom stereocenters. The molecule has 0 aliphatic carbocycles. The third-order valence-corrected chi connectivity index (χ3v) is 4.38. The number of nitrogens with zero attached hydrogens (tertiary/aromatic N) is 3. The average molecular weight is 303 g/mol. The predicted octanol–water partition coefficient (Wildman–Crippen LogP) is 1.46. The van der Waals surface area contributed by atoms with Gasteiger partial charge in [0.15, 0.2) is 0 Å². The first-order valence-corrected chi connectivity index (χ1v) is 7.69. The number of aromatic nitrogens is 1. The molecule has 3 heterocycles. The molecule has 2 amide bonds. The second-order valence-corrected chi connectivity index (χ2v) is 6.19. The van der Waals surface area contributed by atoms with Crippen molar-refractivity contribution in [1.29, 1.82) is 0 Å². The van der Waals surface area contributed by atoms with Crippen LogP contribution in [0.3, 0.4) is 0 Å². The number of carbonyl (C=O) groups is 2. The zero-order valence-electron chi connectivity index (χ0n) is 12.8. The van der Waals surface area contributed by atoms with E-state index < -0.39 is 5.60 Å². The molecule has 0 unspecified atom stereocenters. The molecule has 0 aromatic carbocycles. The van der Waals surface area contributed by atoms with Crippen LogP contribution in [0.4, 0.5) is 4.79 Å². The molecule has 6 nitrogen and oxygen atoms in total. The van der Waals surface area contributed by atoms with Crippen LogP contribution in [0.25, 0.3) is 0 Å². The van der Waals surface area contributed by atoms with Crippen molar-refractivity contribution in [1.82, 2.24) is 14.8 Å². The Morgan fingerprint density at radius 1 is 1.45 bits per heavy atom. The van der Waals surface area contributed by atoms with Crippen LogP contribution in [0.15, 0.2) is 24.5 Å². The Hall–Kier alpha value is -2.11. The van der Waals surface area contributed by atoms with E-state index in [1.807, 2.05) is 17.0 Å². The number of likely N-dealkylation sites (N-methyl/N-ethyl adjacent to an activating group) is 1. The summed E-state index contributed by atoms with van der Waals surface area (Å²) in [5, 5.41) is 0. The third-order valence-electron chi connectivity index (χ3n) is 4.38. The van der Waals surface area contributed by atoms with Crippen molar-refractivity contribution in [2.45, 2.75) is 31.3 Å². The van der Waals surface area contributed by atoms with E-state index in [1.165, 1.54) is 0 Å². The highest BCUT2D eigenvalue weighted by atomic mass is 16.6.